The van der Waals surface area contributed by atoms with Crippen LogP contribution >= 0.6 is 11.8 Å². The number of piperazine rings is 1. The molecule has 162 valence electrons. The number of thioether (sulfide) groups is 1. The fourth-order valence-electron chi connectivity index (χ4n) is 3.60. The van der Waals surface area contributed by atoms with Crippen molar-refractivity contribution < 1.29 is 19.4 Å². The number of rotatable bonds is 6. The number of carboxylic acids is 1. The second-order valence-corrected chi connectivity index (χ2v) is 8.47. The molecule has 2 fully saturated rings. The fourth-order valence-corrected chi connectivity index (χ4v) is 4.68. The highest BCUT2D eigenvalue weighted by atomic mass is 32.2. The van der Waals surface area contributed by atoms with Crippen molar-refractivity contribution >= 4 is 23.6 Å². The van der Waals surface area contributed by atoms with Gasteiger partial charge >= 0.3 is 0 Å². The van der Waals surface area contributed by atoms with Gasteiger partial charge in [0, 0.05) is 45.7 Å². The Balaban J connectivity index is 0.000000687. The van der Waals surface area contributed by atoms with Gasteiger partial charge < -0.3 is 20.5 Å². The molecule has 1 aromatic carbocycles. The summed E-state index contributed by atoms with van der Waals surface area (Å²) in [6.45, 7) is 5.81. The van der Waals surface area contributed by atoms with E-state index in [-0.39, 0.29) is 5.91 Å². The van der Waals surface area contributed by atoms with E-state index in [1.54, 1.807) is 0 Å². The molecule has 3 rings (SSSR count). The lowest BCUT2D eigenvalue weighted by Gasteiger charge is -2.40. The molecule has 0 aromatic heterocycles. The third-order valence-electron chi connectivity index (χ3n) is 5.01. The largest absolute Gasteiger partial charge is 0.492 e. The molecule has 0 unspecified atom stereocenters. The Labute approximate surface area is 177 Å². The molecule has 7 nitrogen and oxygen atoms in total. The fraction of sp³-hybridized carbons (Fsp3) is 0.619. The predicted octanol–water partition coefficient (Wildman–Crippen LogP) is 1.70. The molecular weight excluding hydrogens is 390 g/mol. The molecule has 2 aliphatic rings. The van der Waals surface area contributed by atoms with E-state index in [0.29, 0.717) is 19.6 Å². The number of ether oxygens (including phenoxy) is 1. The van der Waals surface area contributed by atoms with Crippen molar-refractivity contribution in [3.05, 3.63) is 29.8 Å². The van der Waals surface area contributed by atoms with Crippen LogP contribution in [0.4, 0.5) is 0 Å². The zero-order valence-electron chi connectivity index (χ0n) is 17.2. The second-order valence-electron chi connectivity index (χ2n) is 7.24. The van der Waals surface area contributed by atoms with Gasteiger partial charge in [0.25, 0.3) is 5.97 Å². The van der Waals surface area contributed by atoms with Crippen molar-refractivity contribution in [2.75, 3.05) is 50.8 Å². The Morgan fingerprint density at radius 2 is 1.86 bits per heavy atom. The van der Waals surface area contributed by atoms with Crippen LogP contribution in [0.2, 0.25) is 0 Å². The van der Waals surface area contributed by atoms with Crippen LogP contribution in [0.15, 0.2) is 24.3 Å². The average Bonchev–Trinajstić information content (AvgIpc) is 2.73. The third-order valence-corrected chi connectivity index (χ3v) is 6.06. The summed E-state index contributed by atoms with van der Waals surface area (Å²) in [5.74, 6) is 2.74. The zero-order valence-corrected chi connectivity index (χ0v) is 18.0. The van der Waals surface area contributed by atoms with Crippen LogP contribution < -0.4 is 10.5 Å². The van der Waals surface area contributed by atoms with Crippen LogP contribution in [-0.4, -0.2) is 83.7 Å². The highest BCUT2D eigenvalue weighted by molar-refractivity contribution is 7.99. The van der Waals surface area contributed by atoms with Gasteiger partial charge in [-0.25, -0.2) is 0 Å². The van der Waals surface area contributed by atoms with Gasteiger partial charge in [-0.05, 0) is 42.0 Å². The molecule has 3 N–H and O–H groups in total. The molecule has 0 saturated carbocycles. The Kier molecular flexibility index (Phi) is 10.3. The van der Waals surface area contributed by atoms with Gasteiger partial charge in [0.1, 0.15) is 12.4 Å². The predicted molar refractivity (Wildman–Crippen MR) is 117 cm³/mol. The number of carboxylic acid groups (broad SMARTS) is 1. The molecule has 2 heterocycles. The first-order chi connectivity index (χ1) is 14.0. The summed E-state index contributed by atoms with van der Waals surface area (Å²) in [7, 11) is 0. The lowest BCUT2D eigenvalue weighted by molar-refractivity contribution is -0.134. The van der Waals surface area contributed by atoms with Gasteiger partial charge in [-0.1, -0.05) is 12.1 Å². The first kappa shape index (κ1) is 23.5. The van der Waals surface area contributed by atoms with Gasteiger partial charge in [-0.2, -0.15) is 11.8 Å². The Bertz CT molecular complexity index is 641. The van der Waals surface area contributed by atoms with Gasteiger partial charge in [0.15, 0.2) is 0 Å². The minimum atomic E-state index is -0.833. The topological polar surface area (TPSA) is 96.1 Å². The Morgan fingerprint density at radius 3 is 2.48 bits per heavy atom. The number of nitrogens with zero attached hydrogens (tertiary/aromatic N) is 2. The quantitative estimate of drug-likeness (QED) is 0.719. The molecule has 2 saturated heterocycles. The van der Waals surface area contributed by atoms with Crippen LogP contribution in [0, 0.1) is 0 Å². The molecule has 2 aliphatic heterocycles. The minimum Gasteiger partial charge on any atom is -0.492 e. The molecular formula is C21H33N3O4S. The average molecular weight is 424 g/mol. The molecule has 29 heavy (non-hydrogen) atoms. The molecule has 0 spiro atoms. The highest BCUT2D eigenvalue weighted by Gasteiger charge is 2.27. The number of aliphatic carboxylic acids is 1. The van der Waals surface area contributed by atoms with Crippen LogP contribution in [0.5, 0.6) is 5.75 Å². The Morgan fingerprint density at radius 1 is 1.21 bits per heavy atom. The standard InChI is InChI=1S/C19H29N3O2S.C2H4O2/c20-6-11-24-18-3-1-2-16(14-18)15-19(23)22-9-7-21(8-10-22)17-4-12-25-13-5-17;1-2(3)4/h1-3,14,17H,4-13,15,20H2;1H3,(H,3,4). The summed E-state index contributed by atoms with van der Waals surface area (Å²) in [4.78, 5) is 26.2. The molecule has 0 aliphatic carbocycles. The zero-order chi connectivity index (χ0) is 21.1. The molecule has 0 bridgehead atoms. The molecule has 0 atom stereocenters. The minimum absolute atomic E-state index is 0.217. The van der Waals surface area contributed by atoms with Gasteiger partial charge in [-0.15, -0.1) is 0 Å². The maximum absolute atomic E-state index is 12.6. The normalized spacial score (nSPS) is 17.9. The third kappa shape index (κ3) is 8.64. The molecule has 1 amide bonds. The van der Waals surface area contributed by atoms with Crippen LogP contribution in [-0.2, 0) is 16.0 Å². The highest BCUT2D eigenvalue weighted by Crippen LogP contribution is 2.23. The number of hydrogen-bond acceptors (Lipinski definition) is 6. The van der Waals surface area contributed by atoms with Crippen molar-refractivity contribution in [3.63, 3.8) is 0 Å². The summed E-state index contributed by atoms with van der Waals surface area (Å²) >= 11 is 2.07. The van der Waals surface area contributed by atoms with Crippen molar-refractivity contribution in [2.24, 2.45) is 5.73 Å². The molecule has 8 heteroatoms. The van der Waals surface area contributed by atoms with E-state index in [0.717, 1.165) is 50.5 Å². The number of carbonyl (C=O) groups excluding carboxylic acids is 1. The number of amides is 1. The monoisotopic (exact) mass is 423 g/mol. The van der Waals surface area contributed by atoms with Crippen molar-refractivity contribution in [3.8, 4) is 5.75 Å². The van der Waals surface area contributed by atoms with Crippen LogP contribution in [0.1, 0.15) is 25.3 Å². The van der Waals surface area contributed by atoms with E-state index in [4.69, 9.17) is 20.4 Å². The first-order valence-electron chi connectivity index (χ1n) is 10.2. The van der Waals surface area contributed by atoms with Crippen molar-refractivity contribution in [1.82, 2.24) is 9.80 Å². The van der Waals surface area contributed by atoms with E-state index in [2.05, 4.69) is 16.7 Å². The van der Waals surface area contributed by atoms with E-state index in [1.165, 1.54) is 24.3 Å². The van der Waals surface area contributed by atoms with E-state index < -0.39 is 5.97 Å². The summed E-state index contributed by atoms with van der Waals surface area (Å²) in [6, 6.07) is 8.51. The van der Waals surface area contributed by atoms with Gasteiger partial charge in [-0.3, -0.25) is 14.5 Å². The number of hydrogen-bond donors (Lipinski definition) is 2. The van der Waals surface area contributed by atoms with E-state index in [9.17, 15) is 4.79 Å². The number of carbonyl (C=O) groups is 2. The van der Waals surface area contributed by atoms with E-state index in [1.807, 2.05) is 29.2 Å². The lowest BCUT2D eigenvalue weighted by atomic mass is 10.1. The molecule has 0 radical (unpaired) electrons. The smallest absolute Gasteiger partial charge is 0.300 e. The first-order valence-corrected chi connectivity index (χ1v) is 11.4. The van der Waals surface area contributed by atoms with Crippen LogP contribution in [0.3, 0.4) is 0 Å². The summed E-state index contributed by atoms with van der Waals surface area (Å²) < 4.78 is 5.55. The summed E-state index contributed by atoms with van der Waals surface area (Å²) in [6.07, 6.45) is 3.04. The lowest BCUT2D eigenvalue weighted by Crippen LogP contribution is -2.52. The van der Waals surface area contributed by atoms with Crippen molar-refractivity contribution in [1.29, 1.82) is 0 Å². The van der Waals surface area contributed by atoms with Gasteiger partial charge in [0.2, 0.25) is 5.91 Å². The van der Waals surface area contributed by atoms with Gasteiger partial charge in [0.05, 0.1) is 6.42 Å². The molecule has 1 aromatic rings. The maximum atomic E-state index is 12.6. The summed E-state index contributed by atoms with van der Waals surface area (Å²) in [5, 5.41) is 7.42. The summed E-state index contributed by atoms with van der Waals surface area (Å²) in [5.41, 5.74) is 6.47. The number of benzene rings is 1. The Hall–Kier alpha value is -1.77. The number of nitrogens with two attached hydrogens (primary N) is 1. The van der Waals surface area contributed by atoms with Crippen molar-refractivity contribution in [2.45, 2.75) is 32.2 Å². The second kappa shape index (κ2) is 12.7. The SMILES string of the molecule is CC(=O)O.NCCOc1cccc(CC(=O)N2CCN(C3CCSCC3)CC2)c1. The van der Waals surface area contributed by atoms with Crippen LogP contribution in [0.25, 0.3) is 0 Å². The van der Waals surface area contributed by atoms with E-state index >= 15 is 0 Å². The maximum Gasteiger partial charge on any atom is 0.300 e.